The van der Waals surface area contributed by atoms with E-state index in [1.807, 2.05) is 30.3 Å². The lowest BCUT2D eigenvalue weighted by Gasteiger charge is -2.20. The highest BCUT2D eigenvalue weighted by Gasteiger charge is 2.38. The summed E-state index contributed by atoms with van der Waals surface area (Å²) in [5.41, 5.74) is 0.542. The number of rotatable bonds is 6. The van der Waals surface area contributed by atoms with Gasteiger partial charge in [-0.1, -0.05) is 46.3 Å². The molecule has 35 heavy (non-hydrogen) atoms. The lowest BCUT2D eigenvalue weighted by atomic mass is 10.1. The molecule has 0 unspecified atom stereocenters. The molecule has 3 N–H and O–H groups in total. The van der Waals surface area contributed by atoms with E-state index in [9.17, 15) is 23.1 Å². The van der Waals surface area contributed by atoms with Crippen LogP contribution in [0.2, 0.25) is 0 Å². The van der Waals surface area contributed by atoms with Gasteiger partial charge in [-0.2, -0.15) is 0 Å². The highest BCUT2D eigenvalue weighted by Crippen LogP contribution is 2.27. The number of hydrogen-bond donors (Lipinski definition) is 3. The zero-order valence-corrected chi connectivity index (χ0v) is 22.1. The Morgan fingerprint density at radius 2 is 1.80 bits per heavy atom. The molecule has 184 valence electrons. The maximum Gasteiger partial charge on any atom is 0.411 e. The number of carboxylic acid groups (broad SMARTS) is 1. The summed E-state index contributed by atoms with van der Waals surface area (Å²) >= 11 is 6.49. The highest BCUT2D eigenvalue weighted by atomic mass is 79.9. The van der Waals surface area contributed by atoms with E-state index in [-0.39, 0.29) is 24.5 Å². The van der Waals surface area contributed by atoms with Crippen molar-refractivity contribution in [3.05, 3.63) is 69.6 Å². The molecule has 3 aromatic carbocycles. The lowest BCUT2D eigenvalue weighted by molar-refractivity contribution is 0.102. The molecule has 0 spiro atoms. The van der Waals surface area contributed by atoms with Crippen LogP contribution in [-0.4, -0.2) is 55.8 Å². The van der Waals surface area contributed by atoms with Gasteiger partial charge in [-0.3, -0.25) is 5.32 Å². The minimum absolute atomic E-state index is 0.0308. The molecule has 0 aliphatic carbocycles. The molecular formula is C23H21Br2N3O6S. The molecule has 1 aliphatic rings. The predicted octanol–water partition coefficient (Wildman–Crippen LogP) is 5.01. The molecule has 0 bridgehead atoms. The number of halogens is 2. The summed E-state index contributed by atoms with van der Waals surface area (Å²) in [6.07, 6.45) is -1.80. The fourth-order valence-electron chi connectivity index (χ4n) is 3.95. The van der Waals surface area contributed by atoms with Crippen LogP contribution >= 0.6 is 31.9 Å². The second-order valence-corrected chi connectivity index (χ2v) is 11.5. The maximum absolute atomic E-state index is 12.9. The topological polar surface area (TPSA) is 125 Å². The van der Waals surface area contributed by atoms with Crippen LogP contribution in [-0.2, 0) is 14.8 Å². The van der Waals surface area contributed by atoms with Crippen molar-refractivity contribution in [1.82, 2.24) is 9.62 Å². The molecule has 0 saturated carbocycles. The Labute approximate surface area is 218 Å². The normalized spacial score (nSPS) is 17.9. The molecule has 2 atom stereocenters. The number of ether oxygens (including phenoxy) is 1. The number of nitrogens with zero attached hydrogens (tertiary/aromatic N) is 1. The van der Waals surface area contributed by atoms with Crippen LogP contribution < -0.4 is 10.0 Å². The molecule has 2 amide bonds. The second-order valence-electron chi connectivity index (χ2n) is 8.00. The Balaban J connectivity index is 1.38. The van der Waals surface area contributed by atoms with E-state index in [0.717, 1.165) is 15.7 Å². The number of carbonyl (C=O) groups is 2. The number of amides is 2. The van der Waals surface area contributed by atoms with Gasteiger partial charge >= 0.3 is 12.2 Å². The van der Waals surface area contributed by atoms with Gasteiger partial charge in [0.25, 0.3) is 0 Å². The first kappa shape index (κ1) is 25.4. The molecule has 0 aromatic heterocycles. The number of anilines is 1. The number of nitrogens with one attached hydrogen (secondary N) is 2. The van der Waals surface area contributed by atoms with Crippen LogP contribution in [0.5, 0.6) is 0 Å². The fraction of sp³-hybridized carbons (Fsp3) is 0.217. The molecule has 1 heterocycles. The Morgan fingerprint density at radius 1 is 1.06 bits per heavy atom. The van der Waals surface area contributed by atoms with Gasteiger partial charge in [-0.25, -0.2) is 22.7 Å². The van der Waals surface area contributed by atoms with Crippen molar-refractivity contribution >= 4 is 70.5 Å². The summed E-state index contributed by atoms with van der Waals surface area (Å²) in [4.78, 5) is 25.2. The van der Waals surface area contributed by atoms with E-state index in [1.165, 1.54) is 6.07 Å². The van der Waals surface area contributed by atoms with Gasteiger partial charge in [-0.15, -0.1) is 0 Å². The monoisotopic (exact) mass is 625 g/mol. The Morgan fingerprint density at radius 3 is 2.54 bits per heavy atom. The van der Waals surface area contributed by atoms with Crippen molar-refractivity contribution in [2.45, 2.75) is 23.4 Å². The minimum atomic E-state index is -3.93. The van der Waals surface area contributed by atoms with Crippen LogP contribution in [0, 0.1) is 0 Å². The first-order valence-electron chi connectivity index (χ1n) is 10.5. The number of hydrogen-bond acceptors (Lipinski definition) is 5. The average Bonchev–Trinajstić information content (AvgIpc) is 3.21. The van der Waals surface area contributed by atoms with Crippen LogP contribution in [0.25, 0.3) is 10.8 Å². The molecule has 1 fully saturated rings. The van der Waals surface area contributed by atoms with Gasteiger partial charge in [0.1, 0.15) is 6.61 Å². The summed E-state index contributed by atoms with van der Waals surface area (Å²) in [6.45, 7) is -0.287. The van der Waals surface area contributed by atoms with Crippen LogP contribution in [0.1, 0.15) is 6.42 Å². The van der Waals surface area contributed by atoms with Crippen molar-refractivity contribution in [3.63, 3.8) is 0 Å². The van der Waals surface area contributed by atoms with Gasteiger partial charge in [0, 0.05) is 27.2 Å². The van der Waals surface area contributed by atoms with E-state index in [2.05, 4.69) is 41.9 Å². The number of benzene rings is 3. The van der Waals surface area contributed by atoms with Gasteiger partial charge in [-0.05, 0) is 63.5 Å². The molecule has 1 saturated heterocycles. The van der Waals surface area contributed by atoms with Crippen molar-refractivity contribution in [2.24, 2.45) is 0 Å². The van der Waals surface area contributed by atoms with Crippen LogP contribution in [0.3, 0.4) is 0 Å². The predicted molar refractivity (Wildman–Crippen MR) is 138 cm³/mol. The van der Waals surface area contributed by atoms with E-state index < -0.39 is 34.3 Å². The fourth-order valence-corrected chi connectivity index (χ4v) is 6.70. The van der Waals surface area contributed by atoms with E-state index >= 15 is 0 Å². The second kappa shape index (κ2) is 10.5. The summed E-state index contributed by atoms with van der Waals surface area (Å²) in [5, 5.41) is 14.2. The van der Waals surface area contributed by atoms with Crippen LogP contribution in [0.15, 0.2) is 74.5 Å². The minimum Gasteiger partial charge on any atom is -0.465 e. The van der Waals surface area contributed by atoms with Crippen molar-refractivity contribution in [3.8, 4) is 0 Å². The van der Waals surface area contributed by atoms with E-state index in [0.29, 0.717) is 14.6 Å². The third kappa shape index (κ3) is 6.13. The highest BCUT2D eigenvalue weighted by molar-refractivity contribution is 9.11. The quantitative estimate of drug-likeness (QED) is 0.353. The number of carbonyl (C=O) groups excluding carboxylic acids is 1. The number of fused-ring (bicyclic) bond motifs is 1. The number of likely N-dealkylation sites (tertiary alicyclic amines) is 1. The van der Waals surface area contributed by atoms with Gasteiger partial charge in [0.2, 0.25) is 10.0 Å². The first-order chi connectivity index (χ1) is 16.6. The summed E-state index contributed by atoms with van der Waals surface area (Å²) in [6, 6.07) is 16.5. The molecule has 3 aromatic rings. The Hall–Kier alpha value is -2.67. The van der Waals surface area contributed by atoms with Crippen LogP contribution in [0.4, 0.5) is 15.3 Å². The lowest BCUT2D eigenvalue weighted by Crippen LogP contribution is -2.40. The van der Waals surface area contributed by atoms with E-state index in [1.54, 1.807) is 24.3 Å². The van der Waals surface area contributed by atoms with Gasteiger partial charge < -0.3 is 14.7 Å². The standard InChI is InChI=1S/C23H21Br2N3O6S/c24-16-6-8-20(25)21(10-16)35(32,33)27-18-11-19(28(12-18)23(30)31)13-34-22(29)26-17-7-5-14-3-1-2-4-15(14)9-17/h1-10,18-19,27H,11-13H2,(H,26,29)(H,30,31)/t18-,19-/m1/s1. The molecule has 12 heteroatoms. The SMILES string of the molecule is O=C(Nc1ccc2ccccc2c1)OC[C@H]1C[C@@H](NS(=O)(=O)c2cc(Br)ccc2Br)CN1C(=O)O. The van der Waals surface area contributed by atoms with Crippen molar-refractivity contribution in [1.29, 1.82) is 0 Å². The molecular weight excluding hydrogens is 606 g/mol. The molecule has 0 radical (unpaired) electrons. The Bertz CT molecular complexity index is 1380. The summed E-state index contributed by atoms with van der Waals surface area (Å²) < 4.78 is 34.6. The first-order valence-corrected chi connectivity index (χ1v) is 13.6. The molecule has 4 rings (SSSR count). The zero-order chi connectivity index (χ0) is 25.2. The largest absolute Gasteiger partial charge is 0.465 e. The number of sulfonamides is 1. The zero-order valence-electron chi connectivity index (χ0n) is 18.1. The summed E-state index contributed by atoms with van der Waals surface area (Å²) in [5.74, 6) is 0. The van der Waals surface area contributed by atoms with E-state index in [4.69, 9.17) is 4.74 Å². The van der Waals surface area contributed by atoms with Crippen molar-refractivity contribution < 1.29 is 27.9 Å². The molecule has 1 aliphatic heterocycles. The summed E-state index contributed by atoms with van der Waals surface area (Å²) in [7, 11) is -3.93. The smallest absolute Gasteiger partial charge is 0.411 e. The maximum atomic E-state index is 12.9. The van der Waals surface area contributed by atoms with Crippen molar-refractivity contribution in [2.75, 3.05) is 18.5 Å². The average molecular weight is 627 g/mol. The Kier molecular flexibility index (Phi) is 7.64. The van der Waals surface area contributed by atoms with Gasteiger partial charge in [0.05, 0.1) is 10.9 Å². The molecule has 9 nitrogen and oxygen atoms in total. The third-order valence-electron chi connectivity index (χ3n) is 5.57. The third-order valence-corrected chi connectivity index (χ3v) is 8.58. The van der Waals surface area contributed by atoms with Gasteiger partial charge in [0.15, 0.2) is 0 Å².